The first-order valence-electron chi connectivity index (χ1n) is 5.93. The monoisotopic (exact) mass is 246 g/mol. The molecule has 0 saturated heterocycles. The maximum atomic E-state index is 11.2. The molecule has 0 radical (unpaired) electrons. The smallest absolute Gasteiger partial charge is 0.233 e. The summed E-state index contributed by atoms with van der Waals surface area (Å²) in [5, 5.41) is 2.82. The van der Waals surface area contributed by atoms with Crippen LogP contribution in [0.25, 0.3) is 11.0 Å². The molecule has 4 N–H and O–H groups in total. The molecule has 0 aliphatic carbocycles. The third-order valence-electron chi connectivity index (χ3n) is 3.11. The molecule has 1 amide bonds. The van der Waals surface area contributed by atoms with E-state index in [0.29, 0.717) is 6.54 Å². The topological polar surface area (TPSA) is 83.8 Å². The minimum absolute atomic E-state index is 0.0235. The van der Waals surface area contributed by atoms with Crippen LogP contribution >= 0.6 is 0 Å². The second-order valence-corrected chi connectivity index (χ2v) is 5.00. The number of imidazole rings is 1. The van der Waals surface area contributed by atoms with Gasteiger partial charge in [0.1, 0.15) is 0 Å². The van der Waals surface area contributed by atoms with Crippen molar-refractivity contribution in [2.45, 2.75) is 19.3 Å². The Bertz CT molecular complexity index is 559. The Balaban J connectivity index is 2.19. The Kier molecular flexibility index (Phi) is 3.34. The molecule has 5 heteroatoms. The molecular weight excluding hydrogens is 228 g/mol. The Morgan fingerprint density at radius 1 is 1.50 bits per heavy atom. The van der Waals surface area contributed by atoms with Crippen LogP contribution in [0, 0.1) is 0 Å². The van der Waals surface area contributed by atoms with Crippen LogP contribution < -0.4 is 11.1 Å². The molecule has 0 aliphatic heterocycles. The van der Waals surface area contributed by atoms with E-state index in [9.17, 15) is 4.79 Å². The first-order chi connectivity index (χ1) is 8.53. The molecule has 1 aromatic heterocycles. The minimum Gasteiger partial charge on any atom is -0.354 e. The van der Waals surface area contributed by atoms with Crippen molar-refractivity contribution >= 4 is 16.9 Å². The zero-order valence-electron chi connectivity index (χ0n) is 10.7. The molecule has 0 aliphatic rings. The van der Waals surface area contributed by atoms with Gasteiger partial charge in [0, 0.05) is 12.0 Å². The summed E-state index contributed by atoms with van der Waals surface area (Å²) in [4.78, 5) is 18.5. The normalized spacial score (nSPS) is 11.7. The van der Waals surface area contributed by atoms with Crippen molar-refractivity contribution in [3.05, 3.63) is 30.1 Å². The largest absolute Gasteiger partial charge is 0.354 e. The molecule has 0 spiro atoms. The number of amides is 1. The molecule has 0 atom stereocenters. The van der Waals surface area contributed by atoms with Gasteiger partial charge in [-0.2, -0.15) is 0 Å². The van der Waals surface area contributed by atoms with Gasteiger partial charge in [-0.15, -0.1) is 0 Å². The SMILES string of the molecule is CC(C)(CNC(=O)CN)c1ccc2nc[nH]c2c1. The lowest BCUT2D eigenvalue weighted by molar-refractivity contribution is -0.119. The summed E-state index contributed by atoms with van der Waals surface area (Å²) in [6.07, 6.45) is 1.68. The third kappa shape index (κ3) is 2.51. The van der Waals surface area contributed by atoms with Crippen LogP contribution in [-0.2, 0) is 10.2 Å². The van der Waals surface area contributed by atoms with E-state index in [1.54, 1.807) is 6.33 Å². The van der Waals surface area contributed by atoms with Gasteiger partial charge in [0.2, 0.25) is 5.91 Å². The summed E-state index contributed by atoms with van der Waals surface area (Å²) < 4.78 is 0. The van der Waals surface area contributed by atoms with Gasteiger partial charge in [-0.1, -0.05) is 19.9 Å². The van der Waals surface area contributed by atoms with E-state index in [-0.39, 0.29) is 17.9 Å². The van der Waals surface area contributed by atoms with Gasteiger partial charge < -0.3 is 16.0 Å². The first-order valence-corrected chi connectivity index (χ1v) is 5.93. The number of hydrogen-bond donors (Lipinski definition) is 3. The predicted octanol–water partition coefficient (Wildman–Crippen LogP) is 0.915. The third-order valence-corrected chi connectivity index (χ3v) is 3.11. The summed E-state index contributed by atoms with van der Waals surface area (Å²) >= 11 is 0. The van der Waals surface area contributed by atoms with Crippen molar-refractivity contribution in [3.63, 3.8) is 0 Å². The molecule has 2 aromatic rings. The molecule has 1 aromatic carbocycles. The molecule has 1 heterocycles. The number of aromatic amines is 1. The van der Waals surface area contributed by atoms with Gasteiger partial charge in [0.15, 0.2) is 0 Å². The standard InChI is InChI=1S/C13H18N4O/c1-13(2,7-15-12(18)6-14)9-3-4-10-11(5-9)17-8-16-10/h3-5,8H,6-7,14H2,1-2H3,(H,15,18)(H,16,17). The summed E-state index contributed by atoms with van der Waals surface area (Å²) in [5.41, 5.74) is 8.23. The van der Waals surface area contributed by atoms with Gasteiger partial charge in [0.25, 0.3) is 0 Å². The zero-order valence-corrected chi connectivity index (χ0v) is 10.7. The Labute approximate surface area is 106 Å². The second kappa shape index (κ2) is 4.78. The van der Waals surface area contributed by atoms with Crippen LogP contribution in [0.5, 0.6) is 0 Å². The number of nitrogens with one attached hydrogen (secondary N) is 2. The van der Waals surface area contributed by atoms with Crippen molar-refractivity contribution < 1.29 is 4.79 Å². The Hall–Kier alpha value is -1.88. The Morgan fingerprint density at radius 2 is 2.28 bits per heavy atom. The van der Waals surface area contributed by atoms with Crippen LogP contribution in [0.2, 0.25) is 0 Å². The number of carbonyl (C=O) groups is 1. The fraction of sp³-hybridized carbons (Fsp3) is 0.385. The molecular formula is C13H18N4O. The van der Waals surface area contributed by atoms with Gasteiger partial charge in [0.05, 0.1) is 23.9 Å². The summed E-state index contributed by atoms with van der Waals surface area (Å²) in [6.45, 7) is 4.75. The second-order valence-electron chi connectivity index (χ2n) is 5.00. The molecule has 0 bridgehead atoms. The van der Waals surface area contributed by atoms with Crippen molar-refractivity contribution in [2.24, 2.45) is 5.73 Å². The average Bonchev–Trinajstić information content (AvgIpc) is 2.83. The van der Waals surface area contributed by atoms with Crippen molar-refractivity contribution in [1.29, 1.82) is 0 Å². The number of aromatic nitrogens is 2. The lowest BCUT2D eigenvalue weighted by Crippen LogP contribution is -2.39. The maximum Gasteiger partial charge on any atom is 0.233 e. The number of rotatable bonds is 4. The summed E-state index contributed by atoms with van der Waals surface area (Å²) in [5.74, 6) is -0.134. The highest BCUT2D eigenvalue weighted by atomic mass is 16.1. The quantitative estimate of drug-likeness (QED) is 0.750. The predicted molar refractivity (Wildman–Crippen MR) is 71.2 cm³/mol. The molecule has 96 valence electrons. The zero-order chi connectivity index (χ0) is 13.2. The van der Waals surface area contributed by atoms with E-state index in [1.807, 2.05) is 12.1 Å². The first kappa shape index (κ1) is 12.6. The van der Waals surface area contributed by atoms with Gasteiger partial charge >= 0.3 is 0 Å². The molecule has 0 saturated carbocycles. The van der Waals surface area contributed by atoms with Gasteiger partial charge in [-0.05, 0) is 17.7 Å². The summed E-state index contributed by atoms with van der Waals surface area (Å²) in [6, 6.07) is 6.09. The molecule has 2 rings (SSSR count). The average molecular weight is 246 g/mol. The number of hydrogen-bond acceptors (Lipinski definition) is 3. The minimum atomic E-state index is -0.149. The lowest BCUT2D eigenvalue weighted by Gasteiger charge is -2.25. The number of H-pyrrole nitrogens is 1. The van der Waals surface area contributed by atoms with Crippen LogP contribution in [-0.4, -0.2) is 29.0 Å². The van der Waals surface area contributed by atoms with E-state index < -0.39 is 0 Å². The van der Waals surface area contributed by atoms with Crippen LogP contribution in [0.1, 0.15) is 19.4 Å². The van der Waals surface area contributed by atoms with E-state index in [1.165, 1.54) is 0 Å². The maximum absolute atomic E-state index is 11.2. The number of carbonyl (C=O) groups excluding carboxylic acids is 1. The number of nitrogens with two attached hydrogens (primary N) is 1. The number of fused-ring (bicyclic) bond motifs is 1. The molecule has 5 nitrogen and oxygen atoms in total. The van der Waals surface area contributed by atoms with Crippen LogP contribution in [0.3, 0.4) is 0 Å². The van der Waals surface area contributed by atoms with Crippen LogP contribution in [0.4, 0.5) is 0 Å². The highest BCUT2D eigenvalue weighted by Crippen LogP contribution is 2.24. The fourth-order valence-corrected chi connectivity index (χ4v) is 1.85. The van der Waals surface area contributed by atoms with E-state index in [4.69, 9.17) is 5.73 Å². The Morgan fingerprint density at radius 3 is 3.00 bits per heavy atom. The highest BCUT2D eigenvalue weighted by molar-refractivity contribution is 5.78. The van der Waals surface area contributed by atoms with Crippen molar-refractivity contribution in [3.8, 4) is 0 Å². The fourth-order valence-electron chi connectivity index (χ4n) is 1.85. The van der Waals surface area contributed by atoms with E-state index >= 15 is 0 Å². The highest BCUT2D eigenvalue weighted by Gasteiger charge is 2.21. The van der Waals surface area contributed by atoms with E-state index in [0.717, 1.165) is 16.6 Å². The van der Waals surface area contributed by atoms with Crippen LogP contribution in [0.15, 0.2) is 24.5 Å². The number of benzene rings is 1. The molecule has 18 heavy (non-hydrogen) atoms. The molecule has 0 fully saturated rings. The van der Waals surface area contributed by atoms with E-state index in [2.05, 4.69) is 35.2 Å². The summed E-state index contributed by atoms with van der Waals surface area (Å²) in [7, 11) is 0. The number of nitrogens with zero attached hydrogens (tertiary/aromatic N) is 1. The van der Waals surface area contributed by atoms with Gasteiger partial charge in [-0.3, -0.25) is 4.79 Å². The lowest BCUT2D eigenvalue weighted by atomic mass is 9.84. The van der Waals surface area contributed by atoms with Crippen molar-refractivity contribution in [1.82, 2.24) is 15.3 Å². The molecule has 0 unspecified atom stereocenters. The van der Waals surface area contributed by atoms with Crippen molar-refractivity contribution in [2.75, 3.05) is 13.1 Å². The van der Waals surface area contributed by atoms with Gasteiger partial charge in [-0.25, -0.2) is 4.98 Å².